The number of benzene rings is 1. The second-order valence-electron chi connectivity index (χ2n) is 6.63. The molecule has 0 spiro atoms. The highest BCUT2D eigenvalue weighted by molar-refractivity contribution is 8.01. The molecule has 0 bridgehead atoms. The predicted octanol–water partition coefficient (Wildman–Crippen LogP) is 6.36. The maximum Gasteiger partial charge on any atom is 0.253 e. The highest BCUT2D eigenvalue weighted by atomic mass is 32.2. The van der Waals surface area contributed by atoms with Crippen molar-refractivity contribution in [3.8, 4) is 0 Å². The summed E-state index contributed by atoms with van der Waals surface area (Å²) in [5.41, 5.74) is 0.927. The van der Waals surface area contributed by atoms with Gasteiger partial charge < -0.3 is 13.5 Å². The van der Waals surface area contributed by atoms with E-state index in [1.807, 2.05) is 6.92 Å². The van der Waals surface area contributed by atoms with E-state index in [9.17, 15) is 13.0 Å². The molecule has 0 heterocycles. The standard InChI is InChI=1S/C19H33NO5PS/c1-4-6-8-10-16-24-26(21,25-17-11-9-7-5-2)20-27(22,23)19-14-12-18(3)13-15-19/h12-15H,4-11,16-17H2,1-3H3/q-1. The van der Waals surface area contributed by atoms with Gasteiger partial charge in [-0.2, -0.15) is 0 Å². The lowest BCUT2D eigenvalue weighted by atomic mass is 10.2. The molecule has 8 heteroatoms. The first-order valence-corrected chi connectivity index (χ1v) is 12.7. The first kappa shape index (κ1) is 24.3. The number of sulfonamides is 1. The Morgan fingerprint density at radius 1 is 0.852 bits per heavy atom. The number of aryl methyl sites for hydroxylation is 1. The molecule has 0 aromatic heterocycles. The van der Waals surface area contributed by atoms with Gasteiger partial charge in [0, 0.05) is 4.90 Å². The Morgan fingerprint density at radius 2 is 1.33 bits per heavy atom. The molecular formula is C19H33NO5PS-. The topological polar surface area (TPSA) is 83.8 Å². The van der Waals surface area contributed by atoms with Crippen molar-refractivity contribution < 1.29 is 22.0 Å². The molecule has 1 aromatic carbocycles. The molecule has 6 nitrogen and oxygen atoms in total. The molecular weight excluding hydrogens is 385 g/mol. The summed E-state index contributed by atoms with van der Waals surface area (Å²) in [6.07, 6.45) is 7.47. The molecule has 0 unspecified atom stereocenters. The van der Waals surface area contributed by atoms with Crippen LogP contribution in [0.15, 0.2) is 29.2 Å². The summed E-state index contributed by atoms with van der Waals surface area (Å²) >= 11 is 0. The van der Waals surface area contributed by atoms with Crippen LogP contribution in [0.4, 0.5) is 0 Å². The molecule has 0 aliphatic rings. The Hall–Kier alpha value is -0.720. The number of rotatable bonds is 15. The Labute approximate surface area is 164 Å². The normalized spacial score (nSPS) is 12.4. The van der Waals surface area contributed by atoms with E-state index in [0.717, 1.165) is 44.1 Å². The lowest BCUT2D eigenvalue weighted by Crippen LogP contribution is -2.05. The lowest BCUT2D eigenvalue weighted by Gasteiger charge is -2.30. The van der Waals surface area contributed by atoms with Crippen LogP contribution >= 0.6 is 7.75 Å². The molecule has 1 rings (SSSR count). The lowest BCUT2D eigenvalue weighted by molar-refractivity contribution is 0.204. The van der Waals surface area contributed by atoms with Crippen molar-refractivity contribution in [3.63, 3.8) is 0 Å². The summed E-state index contributed by atoms with van der Waals surface area (Å²) in [7, 11) is -8.20. The van der Waals surface area contributed by atoms with Crippen molar-refractivity contribution in [1.82, 2.24) is 0 Å². The van der Waals surface area contributed by atoms with E-state index in [1.165, 1.54) is 12.1 Å². The van der Waals surface area contributed by atoms with Crippen LogP contribution in [-0.2, 0) is 23.6 Å². The minimum atomic E-state index is -4.12. The van der Waals surface area contributed by atoms with Gasteiger partial charge in [-0.05, 0) is 31.9 Å². The van der Waals surface area contributed by atoms with E-state index in [0.29, 0.717) is 12.8 Å². The minimum Gasteiger partial charge on any atom is -0.438 e. The van der Waals surface area contributed by atoms with Gasteiger partial charge in [0.1, 0.15) is 10.0 Å². The van der Waals surface area contributed by atoms with E-state index in [4.69, 9.17) is 9.05 Å². The van der Waals surface area contributed by atoms with Crippen LogP contribution in [0, 0.1) is 6.92 Å². The van der Waals surface area contributed by atoms with E-state index < -0.39 is 17.8 Å². The fourth-order valence-electron chi connectivity index (χ4n) is 2.39. The third kappa shape index (κ3) is 9.86. The molecule has 0 aliphatic carbocycles. The van der Waals surface area contributed by atoms with E-state index in [1.54, 1.807) is 12.1 Å². The van der Waals surface area contributed by atoms with Gasteiger partial charge in [0.15, 0.2) is 0 Å². The molecule has 1 aromatic rings. The summed E-state index contributed by atoms with van der Waals surface area (Å²) in [6, 6.07) is 6.23. The van der Waals surface area contributed by atoms with E-state index in [2.05, 4.69) is 18.3 Å². The van der Waals surface area contributed by atoms with Gasteiger partial charge in [-0.15, -0.1) is 0 Å². The van der Waals surface area contributed by atoms with Gasteiger partial charge in [0.05, 0.1) is 13.2 Å². The fraction of sp³-hybridized carbons (Fsp3) is 0.684. The number of nitrogens with zero attached hydrogens (tertiary/aromatic N) is 1. The van der Waals surface area contributed by atoms with Crippen LogP contribution in [0.3, 0.4) is 0 Å². The Balaban J connectivity index is 2.75. The maximum atomic E-state index is 12.9. The average molecular weight is 419 g/mol. The van der Waals surface area contributed by atoms with Gasteiger partial charge in [0.25, 0.3) is 7.75 Å². The van der Waals surface area contributed by atoms with Gasteiger partial charge in [-0.1, -0.05) is 70.1 Å². The SMILES string of the molecule is CCCCCCOP(=O)([N-]S(=O)(=O)c1ccc(C)cc1)OCCCCCC. The zero-order valence-electron chi connectivity index (χ0n) is 16.7. The third-order valence-corrected chi connectivity index (χ3v) is 7.58. The van der Waals surface area contributed by atoms with E-state index >= 15 is 0 Å². The van der Waals surface area contributed by atoms with Crippen LogP contribution in [0.25, 0.3) is 4.49 Å². The molecule has 0 fully saturated rings. The van der Waals surface area contributed by atoms with Crippen LogP contribution in [0.5, 0.6) is 0 Å². The van der Waals surface area contributed by atoms with Crippen molar-refractivity contribution >= 4 is 17.8 Å². The monoisotopic (exact) mass is 418 g/mol. The van der Waals surface area contributed by atoms with Crippen molar-refractivity contribution in [2.75, 3.05) is 13.2 Å². The van der Waals surface area contributed by atoms with Crippen molar-refractivity contribution in [2.45, 2.75) is 77.0 Å². The Bertz CT molecular complexity index is 658. The largest absolute Gasteiger partial charge is 0.438 e. The van der Waals surface area contributed by atoms with Gasteiger partial charge >= 0.3 is 0 Å². The summed E-state index contributed by atoms with van der Waals surface area (Å²) < 4.78 is 52.3. The zero-order valence-corrected chi connectivity index (χ0v) is 18.4. The van der Waals surface area contributed by atoms with E-state index in [-0.39, 0.29) is 18.1 Å². The average Bonchev–Trinajstić information content (AvgIpc) is 2.61. The molecule has 0 radical (unpaired) electrons. The first-order valence-electron chi connectivity index (χ1n) is 9.78. The van der Waals surface area contributed by atoms with Crippen LogP contribution in [0.2, 0.25) is 0 Å². The van der Waals surface area contributed by atoms with Crippen molar-refractivity contribution in [1.29, 1.82) is 0 Å². The summed E-state index contributed by atoms with van der Waals surface area (Å²) in [4.78, 5) is -0.0162. The quantitative estimate of drug-likeness (QED) is 0.244. The van der Waals surface area contributed by atoms with Gasteiger partial charge in [0.2, 0.25) is 0 Å². The fourth-order valence-corrected chi connectivity index (χ4v) is 5.47. The molecule has 0 saturated heterocycles. The molecule has 0 N–H and O–H groups in total. The molecule has 0 amide bonds. The molecule has 0 saturated carbocycles. The van der Waals surface area contributed by atoms with Crippen LogP contribution < -0.4 is 0 Å². The molecule has 27 heavy (non-hydrogen) atoms. The molecule has 0 aliphatic heterocycles. The first-order chi connectivity index (χ1) is 12.8. The van der Waals surface area contributed by atoms with Crippen molar-refractivity contribution in [2.24, 2.45) is 0 Å². The highest BCUT2D eigenvalue weighted by Gasteiger charge is 2.20. The molecule has 0 atom stereocenters. The van der Waals surface area contributed by atoms with Crippen molar-refractivity contribution in [3.05, 3.63) is 34.3 Å². The summed E-state index contributed by atoms with van der Waals surface area (Å²) in [6.45, 7) is 6.37. The van der Waals surface area contributed by atoms with Gasteiger partial charge in [-0.3, -0.25) is 4.57 Å². The molecule has 156 valence electrons. The second kappa shape index (κ2) is 12.7. The highest BCUT2D eigenvalue weighted by Crippen LogP contribution is 2.57. The minimum absolute atomic E-state index is 0.0162. The summed E-state index contributed by atoms with van der Waals surface area (Å²) in [5, 5.41) is 0. The number of hydrogen-bond donors (Lipinski definition) is 0. The van der Waals surface area contributed by atoms with Crippen LogP contribution in [-0.4, -0.2) is 21.6 Å². The Morgan fingerprint density at radius 3 is 1.78 bits per heavy atom. The van der Waals surface area contributed by atoms with Crippen LogP contribution in [0.1, 0.15) is 70.8 Å². The number of unbranched alkanes of at least 4 members (excludes halogenated alkanes) is 6. The zero-order chi connectivity index (χ0) is 20.2. The smallest absolute Gasteiger partial charge is 0.253 e. The Kier molecular flexibility index (Phi) is 11.4. The predicted molar refractivity (Wildman–Crippen MR) is 110 cm³/mol. The number of hydrogen-bond acceptors (Lipinski definition) is 5. The summed E-state index contributed by atoms with van der Waals surface area (Å²) in [5.74, 6) is 0. The third-order valence-electron chi connectivity index (χ3n) is 4.03. The second-order valence-corrected chi connectivity index (χ2v) is 10.2. The maximum absolute atomic E-state index is 12.9. The van der Waals surface area contributed by atoms with Gasteiger partial charge in [-0.25, -0.2) is 8.42 Å².